The van der Waals surface area contributed by atoms with Gasteiger partial charge in [-0.25, -0.2) is 13.1 Å². The van der Waals surface area contributed by atoms with Crippen molar-refractivity contribution >= 4 is 27.5 Å². The number of rotatable bonds is 6. The third kappa shape index (κ3) is 3.87. The van der Waals surface area contributed by atoms with E-state index in [9.17, 15) is 8.42 Å². The molecule has 4 nitrogen and oxygen atoms in total. The first-order chi connectivity index (χ1) is 9.13. The van der Waals surface area contributed by atoms with Crippen LogP contribution in [-0.4, -0.2) is 33.0 Å². The smallest absolute Gasteiger partial charge is 0.242 e. The minimum absolute atomic E-state index is 0.336. The van der Waals surface area contributed by atoms with E-state index in [1.54, 1.807) is 19.1 Å². The number of para-hydroxylation sites is 1. The Bertz CT molecular complexity index is 511. The molecule has 0 amide bonds. The zero-order valence-electron chi connectivity index (χ0n) is 11.1. The van der Waals surface area contributed by atoms with Crippen molar-refractivity contribution in [3.8, 4) is 0 Å². The molecule has 1 aromatic carbocycles. The zero-order chi connectivity index (χ0) is 13.7. The summed E-state index contributed by atoms with van der Waals surface area (Å²) in [7, 11) is -3.40. The second-order valence-electron chi connectivity index (χ2n) is 4.61. The van der Waals surface area contributed by atoms with Crippen molar-refractivity contribution in [3.05, 3.63) is 24.3 Å². The van der Waals surface area contributed by atoms with Crippen LogP contribution in [0.25, 0.3) is 0 Å². The standard InChI is InChI=1S/C13H20N2O2S2/c1-2-15-19(16,17)13-6-4-3-5-12(13)14-9-11-7-8-18-10-11/h3-6,11,14-15H,2,7-10H2,1H3. The van der Waals surface area contributed by atoms with Crippen LogP contribution in [0.2, 0.25) is 0 Å². The van der Waals surface area contributed by atoms with Crippen LogP contribution in [0.15, 0.2) is 29.2 Å². The van der Waals surface area contributed by atoms with Gasteiger partial charge in [0, 0.05) is 13.1 Å². The highest BCUT2D eigenvalue weighted by molar-refractivity contribution is 7.99. The first-order valence-corrected chi connectivity index (χ1v) is 9.17. The Labute approximate surface area is 119 Å². The molecule has 0 saturated carbocycles. The fourth-order valence-electron chi connectivity index (χ4n) is 2.11. The lowest BCUT2D eigenvalue weighted by Gasteiger charge is -2.15. The normalized spacial score (nSPS) is 19.5. The van der Waals surface area contributed by atoms with Gasteiger partial charge in [-0.3, -0.25) is 0 Å². The molecule has 1 atom stereocenters. The van der Waals surface area contributed by atoms with Crippen molar-refractivity contribution < 1.29 is 8.42 Å². The molecule has 0 spiro atoms. The van der Waals surface area contributed by atoms with Crippen LogP contribution in [0.3, 0.4) is 0 Å². The van der Waals surface area contributed by atoms with Crippen molar-refractivity contribution in [2.75, 3.05) is 29.9 Å². The van der Waals surface area contributed by atoms with Crippen LogP contribution in [0.1, 0.15) is 13.3 Å². The van der Waals surface area contributed by atoms with Gasteiger partial charge in [0.1, 0.15) is 4.90 Å². The number of sulfonamides is 1. The molecule has 0 bridgehead atoms. The van der Waals surface area contributed by atoms with Gasteiger partial charge in [-0.2, -0.15) is 11.8 Å². The summed E-state index contributed by atoms with van der Waals surface area (Å²) >= 11 is 1.96. The monoisotopic (exact) mass is 300 g/mol. The predicted octanol–water partition coefficient (Wildman–Crippen LogP) is 2.15. The zero-order valence-corrected chi connectivity index (χ0v) is 12.7. The van der Waals surface area contributed by atoms with Crippen molar-refractivity contribution in [3.63, 3.8) is 0 Å². The SMILES string of the molecule is CCNS(=O)(=O)c1ccccc1NCC1CCSC1. The Morgan fingerprint density at radius 3 is 2.84 bits per heavy atom. The summed E-state index contributed by atoms with van der Waals surface area (Å²) in [5.74, 6) is 3.01. The third-order valence-corrected chi connectivity index (χ3v) is 5.95. The van der Waals surface area contributed by atoms with Gasteiger partial charge < -0.3 is 5.32 Å². The number of thioether (sulfide) groups is 1. The van der Waals surface area contributed by atoms with Gasteiger partial charge >= 0.3 is 0 Å². The van der Waals surface area contributed by atoms with Gasteiger partial charge in [0.15, 0.2) is 0 Å². The molecule has 1 heterocycles. The molecule has 2 N–H and O–H groups in total. The highest BCUT2D eigenvalue weighted by Gasteiger charge is 2.19. The lowest BCUT2D eigenvalue weighted by molar-refractivity contribution is 0.583. The summed E-state index contributed by atoms with van der Waals surface area (Å²) in [5.41, 5.74) is 0.695. The summed E-state index contributed by atoms with van der Waals surface area (Å²) < 4.78 is 26.7. The van der Waals surface area contributed by atoms with E-state index >= 15 is 0 Å². The van der Waals surface area contributed by atoms with Crippen LogP contribution in [0, 0.1) is 5.92 Å². The topological polar surface area (TPSA) is 58.2 Å². The van der Waals surface area contributed by atoms with E-state index in [4.69, 9.17) is 0 Å². The first kappa shape index (κ1) is 14.7. The van der Waals surface area contributed by atoms with E-state index in [0.717, 1.165) is 12.3 Å². The second kappa shape index (κ2) is 6.63. The van der Waals surface area contributed by atoms with Crippen molar-refractivity contribution in [2.24, 2.45) is 5.92 Å². The van der Waals surface area contributed by atoms with Crippen LogP contribution in [0.5, 0.6) is 0 Å². The molecule has 1 fully saturated rings. The van der Waals surface area contributed by atoms with Gasteiger partial charge in [-0.1, -0.05) is 19.1 Å². The molecule has 1 aliphatic heterocycles. The van der Waals surface area contributed by atoms with Crippen LogP contribution >= 0.6 is 11.8 Å². The van der Waals surface area contributed by atoms with E-state index < -0.39 is 10.0 Å². The Balaban J connectivity index is 2.11. The fraction of sp³-hybridized carbons (Fsp3) is 0.538. The molecule has 1 aliphatic rings. The van der Waals surface area contributed by atoms with Crippen LogP contribution in [-0.2, 0) is 10.0 Å². The minimum atomic E-state index is -3.40. The molecule has 0 radical (unpaired) electrons. The number of hydrogen-bond acceptors (Lipinski definition) is 4. The second-order valence-corrected chi connectivity index (χ2v) is 7.49. The van der Waals surface area contributed by atoms with E-state index in [1.165, 1.54) is 12.2 Å². The summed E-state index contributed by atoms with van der Waals surface area (Å²) in [6, 6.07) is 7.08. The first-order valence-electron chi connectivity index (χ1n) is 6.54. The molecule has 19 heavy (non-hydrogen) atoms. The lowest BCUT2D eigenvalue weighted by atomic mass is 10.1. The average Bonchev–Trinajstić information content (AvgIpc) is 2.90. The summed E-state index contributed by atoms with van der Waals surface area (Å²) in [4.78, 5) is 0.336. The largest absolute Gasteiger partial charge is 0.384 e. The number of anilines is 1. The van der Waals surface area contributed by atoms with Gasteiger partial charge in [-0.05, 0) is 36.0 Å². The third-order valence-electron chi connectivity index (χ3n) is 3.12. The van der Waals surface area contributed by atoms with Crippen LogP contribution in [0.4, 0.5) is 5.69 Å². The summed E-state index contributed by atoms with van der Waals surface area (Å²) in [5, 5.41) is 3.29. The molecule has 1 aromatic rings. The molecule has 6 heteroatoms. The molecule has 0 aliphatic carbocycles. The Morgan fingerprint density at radius 2 is 2.16 bits per heavy atom. The number of benzene rings is 1. The molecule has 106 valence electrons. The quantitative estimate of drug-likeness (QED) is 0.845. The van der Waals surface area contributed by atoms with Crippen molar-refractivity contribution in [2.45, 2.75) is 18.2 Å². The maximum absolute atomic E-state index is 12.1. The maximum Gasteiger partial charge on any atom is 0.242 e. The molecule has 1 saturated heterocycles. The molecular formula is C13H20N2O2S2. The molecule has 1 unspecified atom stereocenters. The van der Waals surface area contributed by atoms with Gasteiger partial charge in [-0.15, -0.1) is 0 Å². The van der Waals surface area contributed by atoms with E-state index in [-0.39, 0.29) is 0 Å². The molecule has 0 aromatic heterocycles. The fourth-order valence-corrected chi connectivity index (χ4v) is 4.62. The predicted molar refractivity (Wildman–Crippen MR) is 81.2 cm³/mol. The Hall–Kier alpha value is -0.720. The molecular weight excluding hydrogens is 280 g/mol. The van der Waals surface area contributed by atoms with Crippen LogP contribution < -0.4 is 10.0 Å². The van der Waals surface area contributed by atoms with Gasteiger partial charge in [0.25, 0.3) is 0 Å². The van der Waals surface area contributed by atoms with Gasteiger partial charge in [0.2, 0.25) is 10.0 Å². The maximum atomic E-state index is 12.1. The molecule has 2 rings (SSSR count). The number of nitrogens with one attached hydrogen (secondary N) is 2. The van der Waals surface area contributed by atoms with Crippen molar-refractivity contribution in [1.29, 1.82) is 0 Å². The minimum Gasteiger partial charge on any atom is -0.384 e. The van der Waals surface area contributed by atoms with E-state index in [0.29, 0.717) is 23.0 Å². The average molecular weight is 300 g/mol. The Morgan fingerprint density at radius 1 is 1.37 bits per heavy atom. The van der Waals surface area contributed by atoms with E-state index in [2.05, 4.69) is 10.0 Å². The van der Waals surface area contributed by atoms with Gasteiger partial charge in [0.05, 0.1) is 5.69 Å². The van der Waals surface area contributed by atoms with Crippen molar-refractivity contribution in [1.82, 2.24) is 4.72 Å². The lowest BCUT2D eigenvalue weighted by Crippen LogP contribution is -2.25. The highest BCUT2D eigenvalue weighted by Crippen LogP contribution is 2.25. The summed E-state index contributed by atoms with van der Waals surface area (Å²) in [6.45, 7) is 3.02. The summed E-state index contributed by atoms with van der Waals surface area (Å²) in [6.07, 6.45) is 1.21. The highest BCUT2D eigenvalue weighted by atomic mass is 32.2. The van der Waals surface area contributed by atoms with E-state index in [1.807, 2.05) is 23.9 Å². The number of hydrogen-bond donors (Lipinski definition) is 2. The Kier molecular flexibility index (Phi) is 5.13.